The molecule has 0 N–H and O–H groups in total. The number of urea groups is 1. The summed E-state index contributed by atoms with van der Waals surface area (Å²) in [5.74, 6) is 0.593. The van der Waals surface area contributed by atoms with Crippen LogP contribution >= 0.6 is 0 Å². The van der Waals surface area contributed by atoms with Crippen molar-refractivity contribution >= 4 is 28.3 Å². The number of amides is 2. The fraction of sp³-hybridized carbons (Fsp3) is 0.194. The number of benzene rings is 4. The lowest BCUT2D eigenvalue weighted by molar-refractivity contribution is 0.199. The second kappa shape index (κ2) is 11.3. The molecule has 2 aliphatic rings. The van der Waals surface area contributed by atoms with Gasteiger partial charge in [-0.2, -0.15) is 10.1 Å². The summed E-state index contributed by atoms with van der Waals surface area (Å²) in [4.78, 5) is 23.6. The largest absolute Gasteiger partial charge is 0.348 e. The zero-order valence-corrected chi connectivity index (χ0v) is 24.9. The van der Waals surface area contributed by atoms with Gasteiger partial charge in [0.05, 0.1) is 29.6 Å². The van der Waals surface area contributed by atoms with Crippen LogP contribution in [0.3, 0.4) is 0 Å². The maximum atomic E-state index is 12.6. The van der Waals surface area contributed by atoms with E-state index in [-0.39, 0.29) is 12.1 Å². The Morgan fingerprint density at radius 3 is 2.33 bits per heavy atom. The molecule has 9 heteroatoms. The number of anilines is 1. The molecular weight excluding hydrogens is 560 g/mol. The molecule has 1 radical (unpaired) electrons. The van der Waals surface area contributed by atoms with Gasteiger partial charge in [0.1, 0.15) is 0 Å². The molecule has 0 unspecified atom stereocenters. The SMILES string of the molecule is Cn1nnc(-c2ccc3nc(-c4ccc(CN5CCC(N6C(=O)[N]c7ccccc76)CC5)cc4)c(-c4ccccc4)cc3c2)n1. The van der Waals surface area contributed by atoms with Crippen molar-refractivity contribution in [1.29, 1.82) is 0 Å². The van der Waals surface area contributed by atoms with Gasteiger partial charge in [0.15, 0.2) is 0 Å². The quantitative estimate of drug-likeness (QED) is 0.217. The number of tetrazole rings is 1. The number of para-hydroxylation sites is 2. The molecule has 2 aromatic heterocycles. The van der Waals surface area contributed by atoms with E-state index in [2.05, 4.69) is 86.3 Å². The number of piperidine rings is 1. The molecule has 2 aliphatic heterocycles. The van der Waals surface area contributed by atoms with Crippen LogP contribution in [0, 0.1) is 0 Å². The highest BCUT2D eigenvalue weighted by molar-refractivity contribution is 6.04. The predicted molar refractivity (Wildman–Crippen MR) is 175 cm³/mol. The normalized spacial score (nSPS) is 15.4. The number of aryl methyl sites for hydroxylation is 1. The van der Waals surface area contributed by atoms with Crippen LogP contribution in [0.1, 0.15) is 18.4 Å². The number of nitrogens with zero attached hydrogens (tertiary/aromatic N) is 8. The molecule has 2 amide bonds. The minimum Gasteiger partial charge on any atom is -0.299 e. The average Bonchev–Trinajstić information content (AvgIpc) is 3.67. The first-order valence-electron chi connectivity index (χ1n) is 15.3. The van der Waals surface area contributed by atoms with Crippen molar-refractivity contribution < 1.29 is 4.79 Å². The maximum absolute atomic E-state index is 12.6. The van der Waals surface area contributed by atoms with Crippen LogP contribution < -0.4 is 10.2 Å². The van der Waals surface area contributed by atoms with Crippen molar-refractivity contribution in [2.75, 3.05) is 18.0 Å². The smallest absolute Gasteiger partial charge is 0.299 e. The lowest BCUT2D eigenvalue weighted by Crippen LogP contribution is -2.46. The van der Waals surface area contributed by atoms with Gasteiger partial charge in [0.25, 0.3) is 0 Å². The van der Waals surface area contributed by atoms with Crippen LogP contribution in [0.2, 0.25) is 0 Å². The predicted octanol–water partition coefficient (Wildman–Crippen LogP) is 6.60. The van der Waals surface area contributed by atoms with Crippen molar-refractivity contribution in [3.8, 4) is 33.8 Å². The minimum absolute atomic E-state index is 0.134. The van der Waals surface area contributed by atoms with E-state index in [0.717, 1.165) is 82.7 Å². The molecule has 4 heterocycles. The van der Waals surface area contributed by atoms with Gasteiger partial charge in [0, 0.05) is 47.8 Å². The van der Waals surface area contributed by atoms with E-state index in [1.165, 1.54) is 10.4 Å². The molecule has 45 heavy (non-hydrogen) atoms. The van der Waals surface area contributed by atoms with Gasteiger partial charge >= 0.3 is 6.03 Å². The Hall–Kier alpha value is -5.41. The van der Waals surface area contributed by atoms with Crippen LogP contribution in [0.25, 0.3) is 44.7 Å². The first kappa shape index (κ1) is 27.2. The molecule has 0 bridgehead atoms. The molecule has 0 saturated carbocycles. The summed E-state index contributed by atoms with van der Waals surface area (Å²) in [7, 11) is 1.76. The zero-order chi connectivity index (χ0) is 30.3. The summed E-state index contributed by atoms with van der Waals surface area (Å²) < 4.78 is 0. The highest BCUT2D eigenvalue weighted by Gasteiger charge is 2.35. The fourth-order valence-corrected chi connectivity index (χ4v) is 6.51. The second-order valence-electron chi connectivity index (χ2n) is 11.7. The van der Waals surface area contributed by atoms with Crippen molar-refractivity contribution in [3.05, 3.63) is 109 Å². The third-order valence-corrected chi connectivity index (χ3v) is 8.79. The Morgan fingerprint density at radius 2 is 1.56 bits per heavy atom. The molecule has 1 saturated heterocycles. The Labute approximate surface area is 261 Å². The van der Waals surface area contributed by atoms with Gasteiger partial charge in [-0.05, 0) is 65.6 Å². The number of carbonyl (C=O) groups is 1. The first-order valence-corrected chi connectivity index (χ1v) is 15.3. The summed E-state index contributed by atoms with van der Waals surface area (Å²) in [6, 6.07) is 35.4. The molecule has 0 spiro atoms. The van der Waals surface area contributed by atoms with E-state index in [9.17, 15) is 4.79 Å². The zero-order valence-electron chi connectivity index (χ0n) is 24.9. The lowest BCUT2D eigenvalue weighted by atomic mass is 9.96. The molecular formula is C36H31N8O. The maximum Gasteiger partial charge on any atom is 0.348 e. The Morgan fingerprint density at radius 1 is 0.800 bits per heavy atom. The number of hydrogen-bond acceptors (Lipinski definition) is 6. The van der Waals surface area contributed by atoms with Crippen molar-refractivity contribution in [3.63, 3.8) is 0 Å². The molecule has 6 aromatic rings. The standard InChI is InChI=1S/C36H31N8O/c1-42-40-35(39-41-42)27-15-16-31-28(21-27)22-30(25-7-3-2-4-8-25)34(37-31)26-13-11-24(12-14-26)23-43-19-17-29(18-20-43)44-33-10-6-5-9-32(33)38-36(44)45/h2-16,21-22,29H,17-20,23H2,1H3. The number of rotatable bonds is 6. The van der Waals surface area contributed by atoms with Gasteiger partial charge in [-0.15, -0.1) is 10.2 Å². The van der Waals surface area contributed by atoms with Gasteiger partial charge < -0.3 is 0 Å². The number of pyridine rings is 1. The Bertz CT molecular complexity index is 2010. The van der Waals surface area contributed by atoms with Crippen LogP contribution in [-0.4, -0.2) is 55.3 Å². The lowest BCUT2D eigenvalue weighted by Gasteiger charge is -2.36. The minimum atomic E-state index is -0.134. The van der Waals surface area contributed by atoms with Gasteiger partial charge in [0.2, 0.25) is 5.82 Å². The molecule has 0 aliphatic carbocycles. The highest BCUT2D eigenvalue weighted by Crippen LogP contribution is 2.37. The first-order chi connectivity index (χ1) is 22.1. The topological polar surface area (TPSA) is 94.1 Å². The molecule has 9 nitrogen and oxygen atoms in total. The molecule has 221 valence electrons. The number of carbonyl (C=O) groups excluding carboxylic acids is 1. The highest BCUT2D eigenvalue weighted by atomic mass is 16.2. The summed E-state index contributed by atoms with van der Waals surface area (Å²) in [5, 5.41) is 17.8. The van der Waals surface area contributed by atoms with Gasteiger partial charge in [-0.1, -0.05) is 66.7 Å². The van der Waals surface area contributed by atoms with E-state index >= 15 is 0 Å². The molecule has 1 fully saturated rings. The van der Waals surface area contributed by atoms with E-state index in [1.54, 1.807) is 7.05 Å². The van der Waals surface area contributed by atoms with Crippen molar-refractivity contribution in [2.45, 2.75) is 25.4 Å². The van der Waals surface area contributed by atoms with Crippen LogP contribution in [0.5, 0.6) is 0 Å². The summed E-state index contributed by atoms with van der Waals surface area (Å²) in [6.07, 6.45) is 1.87. The third-order valence-electron chi connectivity index (χ3n) is 8.79. The summed E-state index contributed by atoms with van der Waals surface area (Å²) >= 11 is 0. The Kier molecular flexibility index (Phi) is 6.80. The number of aromatic nitrogens is 5. The number of likely N-dealkylation sites (tertiary alicyclic amines) is 1. The average molecular weight is 592 g/mol. The van der Waals surface area contributed by atoms with Crippen LogP contribution in [-0.2, 0) is 13.6 Å². The summed E-state index contributed by atoms with van der Waals surface area (Å²) in [6.45, 7) is 2.75. The molecule has 0 atom stereocenters. The summed E-state index contributed by atoms with van der Waals surface area (Å²) in [5.41, 5.74) is 9.02. The Balaban J connectivity index is 1.02. The molecule has 8 rings (SSSR count). The number of hydrogen-bond donors (Lipinski definition) is 0. The second-order valence-corrected chi connectivity index (χ2v) is 11.7. The van der Waals surface area contributed by atoms with E-state index in [4.69, 9.17) is 4.98 Å². The van der Waals surface area contributed by atoms with E-state index in [1.807, 2.05) is 47.4 Å². The monoisotopic (exact) mass is 591 g/mol. The third kappa shape index (κ3) is 5.21. The van der Waals surface area contributed by atoms with E-state index in [0.29, 0.717) is 5.82 Å². The van der Waals surface area contributed by atoms with Crippen LogP contribution in [0.15, 0.2) is 103 Å². The van der Waals surface area contributed by atoms with E-state index < -0.39 is 0 Å². The number of fused-ring (bicyclic) bond motifs is 2. The van der Waals surface area contributed by atoms with Crippen molar-refractivity contribution in [2.24, 2.45) is 7.05 Å². The van der Waals surface area contributed by atoms with Crippen LogP contribution in [0.4, 0.5) is 16.2 Å². The van der Waals surface area contributed by atoms with Gasteiger partial charge in [-0.3, -0.25) is 9.80 Å². The fourth-order valence-electron chi connectivity index (χ4n) is 6.51. The van der Waals surface area contributed by atoms with Gasteiger partial charge in [-0.25, -0.2) is 9.78 Å². The van der Waals surface area contributed by atoms with Crippen molar-refractivity contribution in [1.82, 2.24) is 35.4 Å². The molecule has 4 aromatic carbocycles.